The van der Waals surface area contributed by atoms with Crippen molar-refractivity contribution in [2.75, 3.05) is 45.9 Å². The highest BCUT2D eigenvalue weighted by Crippen LogP contribution is 2.31. The highest BCUT2D eigenvalue weighted by molar-refractivity contribution is 6.38. The highest BCUT2D eigenvalue weighted by atomic mass is 16.6. The van der Waals surface area contributed by atoms with Gasteiger partial charge < -0.3 is 39.0 Å². The fourth-order valence-electron chi connectivity index (χ4n) is 4.94. The van der Waals surface area contributed by atoms with Gasteiger partial charge in [0.25, 0.3) is 5.91 Å². The molecule has 14 heteroatoms. The average molecular weight is 683 g/mol. The molecule has 3 rings (SSSR count). The lowest BCUT2D eigenvalue weighted by molar-refractivity contribution is -0.170. The average Bonchev–Trinajstić information content (AvgIpc) is 3.10. The molecule has 1 saturated heterocycles. The van der Waals surface area contributed by atoms with Crippen molar-refractivity contribution in [3.05, 3.63) is 66.2 Å². The summed E-state index contributed by atoms with van der Waals surface area (Å²) in [5.41, 5.74) is 0.336. The fraction of sp³-hybridized carbons (Fsp3) is 0.429. The van der Waals surface area contributed by atoms with Crippen molar-refractivity contribution < 1.29 is 57.6 Å². The number of benzene rings is 2. The normalized spacial score (nSPS) is 14.9. The van der Waals surface area contributed by atoms with Gasteiger partial charge in [0.05, 0.1) is 39.3 Å². The summed E-state index contributed by atoms with van der Waals surface area (Å²) in [4.78, 5) is 76.4. The van der Waals surface area contributed by atoms with E-state index in [0.29, 0.717) is 29.2 Å². The Kier molecular flexibility index (Phi) is 13.9. The van der Waals surface area contributed by atoms with E-state index in [2.05, 4.69) is 11.9 Å². The van der Waals surface area contributed by atoms with E-state index in [1.807, 2.05) is 6.07 Å². The van der Waals surface area contributed by atoms with Gasteiger partial charge in [0.15, 0.2) is 17.5 Å². The first kappa shape index (κ1) is 38.2. The molecule has 1 aliphatic heterocycles. The van der Waals surface area contributed by atoms with Crippen LogP contribution in [0.2, 0.25) is 0 Å². The Balaban J connectivity index is 1.86. The van der Waals surface area contributed by atoms with Crippen LogP contribution in [-0.4, -0.2) is 92.1 Å². The lowest BCUT2D eigenvalue weighted by Crippen LogP contribution is -2.57. The van der Waals surface area contributed by atoms with E-state index in [1.165, 1.54) is 28.1 Å². The molecule has 1 aliphatic rings. The van der Waals surface area contributed by atoms with Gasteiger partial charge in [-0.1, -0.05) is 24.8 Å². The number of amides is 2. The highest BCUT2D eigenvalue weighted by Gasteiger charge is 2.43. The molecule has 2 atom stereocenters. The Bertz CT molecular complexity index is 1550. The summed E-state index contributed by atoms with van der Waals surface area (Å²) in [5, 5.41) is 11.6. The van der Waals surface area contributed by atoms with Crippen molar-refractivity contribution in [2.45, 2.75) is 51.7 Å². The standard InChI is InChI=1S/C35H42N2O12/c1-6-31(41)48-21-35(2,3)32(42)33(43)37-16-17-47-20-25(37)34(44)49-26(12-10-22-11-13-27(45-4)28(18-22)46-5)23-8-7-9-24(19-23)36-29(38)14-15-30(39)40/h6-9,11,13,18-19,25-26H,1,10,12,14-17,20-21H2,2-5H3,(H,36,38)(H,39,40)/t25-,26?/m0/s1. The second kappa shape index (κ2) is 17.8. The quantitative estimate of drug-likeness (QED) is 0.141. The number of nitrogens with zero attached hydrogens (tertiary/aromatic N) is 1. The number of anilines is 1. The third-order valence-corrected chi connectivity index (χ3v) is 7.72. The first-order valence-electron chi connectivity index (χ1n) is 15.5. The number of rotatable bonds is 17. The van der Waals surface area contributed by atoms with Gasteiger partial charge in [-0.25, -0.2) is 9.59 Å². The molecule has 1 heterocycles. The number of carboxylic acid groups (broad SMARTS) is 1. The van der Waals surface area contributed by atoms with Crippen LogP contribution in [0, 0.1) is 5.41 Å². The zero-order chi connectivity index (χ0) is 36.1. The molecule has 2 amide bonds. The Morgan fingerprint density at radius 1 is 1.06 bits per heavy atom. The van der Waals surface area contributed by atoms with Crippen LogP contribution in [0.1, 0.15) is 50.3 Å². The lowest BCUT2D eigenvalue weighted by Gasteiger charge is -2.36. The zero-order valence-electron chi connectivity index (χ0n) is 28.0. The van der Waals surface area contributed by atoms with Crippen LogP contribution in [0.5, 0.6) is 11.5 Å². The largest absolute Gasteiger partial charge is 0.493 e. The van der Waals surface area contributed by atoms with Crippen molar-refractivity contribution in [2.24, 2.45) is 5.41 Å². The van der Waals surface area contributed by atoms with E-state index in [9.17, 15) is 28.8 Å². The molecule has 2 aromatic carbocycles. The third-order valence-electron chi connectivity index (χ3n) is 7.72. The minimum absolute atomic E-state index is 0.0545. The number of carbonyl (C=O) groups is 6. The van der Waals surface area contributed by atoms with E-state index >= 15 is 0 Å². The topological polar surface area (TPSA) is 184 Å². The Labute approximate surface area is 284 Å². The molecule has 1 unspecified atom stereocenters. The van der Waals surface area contributed by atoms with E-state index in [-0.39, 0.29) is 45.6 Å². The van der Waals surface area contributed by atoms with Gasteiger partial charge in [-0.05, 0) is 62.1 Å². The number of ketones is 1. The number of morpholine rings is 1. The van der Waals surface area contributed by atoms with E-state index < -0.39 is 53.1 Å². The van der Waals surface area contributed by atoms with E-state index in [4.69, 9.17) is 28.8 Å². The molecule has 2 aromatic rings. The molecule has 0 aromatic heterocycles. The van der Waals surface area contributed by atoms with Gasteiger partial charge >= 0.3 is 17.9 Å². The summed E-state index contributed by atoms with van der Waals surface area (Å²) in [6, 6.07) is 10.7. The predicted molar refractivity (Wildman–Crippen MR) is 175 cm³/mol. The summed E-state index contributed by atoms with van der Waals surface area (Å²) in [5.74, 6) is -3.92. The van der Waals surface area contributed by atoms with Gasteiger partial charge in [0.2, 0.25) is 11.7 Å². The number of aryl methyl sites for hydroxylation is 1. The summed E-state index contributed by atoms with van der Waals surface area (Å²) in [7, 11) is 3.04. The number of hydrogen-bond acceptors (Lipinski definition) is 11. The predicted octanol–water partition coefficient (Wildman–Crippen LogP) is 3.28. The van der Waals surface area contributed by atoms with Crippen molar-refractivity contribution in [1.29, 1.82) is 0 Å². The maximum atomic E-state index is 13.8. The summed E-state index contributed by atoms with van der Waals surface area (Å²) < 4.78 is 27.3. The van der Waals surface area contributed by atoms with Crippen LogP contribution in [-0.2, 0) is 49.4 Å². The van der Waals surface area contributed by atoms with Crippen LogP contribution in [0.4, 0.5) is 5.69 Å². The SMILES string of the molecule is C=CC(=O)OCC(C)(C)C(=O)C(=O)N1CCOC[C@H]1C(=O)OC(CCc1ccc(OC)c(OC)c1)c1cccc(NC(=O)CCC(=O)O)c1. The maximum Gasteiger partial charge on any atom is 0.331 e. The van der Waals surface area contributed by atoms with Gasteiger partial charge in [0, 0.05) is 24.7 Å². The number of aliphatic carboxylic acids is 1. The molecular weight excluding hydrogens is 640 g/mol. The molecule has 0 aliphatic carbocycles. The fourth-order valence-corrected chi connectivity index (χ4v) is 4.94. The minimum Gasteiger partial charge on any atom is -0.493 e. The zero-order valence-corrected chi connectivity index (χ0v) is 28.0. The molecule has 0 radical (unpaired) electrons. The smallest absolute Gasteiger partial charge is 0.331 e. The molecule has 1 fully saturated rings. The summed E-state index contributed by atoms with van der Waals surface area (Å²) in [6.45, 7) is 5.66. The second-order valence-electron chi connectivity index (χ2n) is 11.8. The van der Waals surface area contributed by atoms with Crippen LogP contribution in [0.15, 0.2) is 55.1 Å². The molecule has 0 bridgehead atoms. The van der Waals surface area contributed by atoms with Crippen molar-refractivity contribution in [3.8, 4) is 11.5 Å². The Hall–Kier alpha value is -5.24. The van der Waals surface area contributed by atoms with Crippen LogP contribution >= 0.6 is 0 Å². The van der Waals surface area contributed by atoms with Crippen LogP contribution in [0.3, 0.4) is 0 Å². The second-order valence-corrected chi connectivity index (χ2v) is 11.8. The van der Waals surface area contributed by atoms with Gasteiger partial charge in [-0.2, -0.15) is 0 Å². The first-order chi connectivity index (χ1) is 23.3. The first-order valence-corrected chi connectivity index (χ1v) is 15.5. The molecule has 2 N–H and O–H groups in total. The summed E-state index contributed by atoms with van der Waals surface area (Å²) >= 11 is 0. The van der Waals surface area contributed by atoms with Crippen LogP contribution < -0.4 is 14.8 Å². The van der Waals surface area contributed by atoms with Crippen molar-refractivity contribution >= 4 is 41.2 Å². The van der Waals surface area contributed by atoms with Gasteiger partial charge in [-0.3, -0.25) is 19.2 Å². The van der Waals surface area contributed by atoms with Crippen molar-refractivity contribution in [1.82, 2.24) is 4.90 Å². The number of ether oxygens (including phenoxy) is 5. The number of methoxy groups -OCH3 is 2. The minimum atomic E-state index is -1.39. The van der Waals surface area contributed by atoms with Gasteiger partial charge in [0.1, 0.15) is 12.7 Å². The molecular formula is C35H42N2O12. The lowest BCUT2D eigenvalue weighted by atomic mass is 9.88. The number of nitrogens with one attached hydrogen (secondary N) is 1. The Morgan fingerprint density at radius 3 is 2.47 bits per heavy atom. The molecule has 0 saturated carbocycles. The molecule has 0 spiro atoms. The van der Waals surface area contributed by atoms with Gasteiger partial charge in [-0.15, -0.1) is 0 Å². The Morgan fingerprint density at radius 2 is 1.80 bits per heavy atom. The third kappa shape index (κ3) is 10.9. The molecule has 49 heavy (non-hydrogen) atoms. The maximum absolute atomic E-state index is 13.8. The van der Waals surface area contributed by atoms with Crippen LogP contribution in [0.25, 0.3) is 0 Å². The number of hydrogen-bond donors (Lipinski definition) is 2. The van der Waals surface area contributed by atoms with E-state index in [1.54, 1.807) is 36.4 Å². The number of esters is 2. The number of carboxylic acids is 1. The summed E-state index contributed by atoms with van der Waals surface area (Å²) in [6.07, 6.45) is 0.166. The number of Topliss-reactive ketones (excluding diaryl/α,β-unsaturated/α-hetero) is 1. The molecule has 264 valence electrons. The number of carbonyl (C=O) groups excluding carboxylic acids is 5. The van der Waals surface area contributed by atoms with Crippen molar-refractivity contribution in [3.63, 3.8) is 0 Å². The molecule has 14 nitrogen and oxygen atoms in total. The monoisotopic (exact) mass is 682 g/mol. The van der Waals surface area contributed by atoms with E-state index in [0.717, 1.165) is 16.5 Å².